The predicted octanol–water partition coefficient (Wildman–Crippen LogP) is -5.08. The highest BCUT2D eigenvalue weighted by Gasteiger charge is 2.22. The minimum atomic E-state index is -4.61. The lowest BCUT2D eigenvalue weighted by molar-refractivity contribution is 0.117. The highest BCUT2D eigenvalue weighted by molar-refractivity contribution is 6.46. The molecule has 0 aliphatic carbocycles. The van der Waals surface area contributed by atoms with E-state index < -0.39 is 9.05 Å². The van der Waals surface area contributed by atoms with Crippen LogP contribution in [-0.2, 0) is 0 Å². The van der Waals surface area contributed by atoms with Gasteiger partial charge in [-0.25, -0.2) is 0 Å². The topological polar surface area (TPSA) is 175 Å². The Bertz CT molecular complexity index is 19.9. The molecule has 7 nitrogen and oxygen atoms in total. The van der Waals surface area contributed by atoms with Crippen LogP contribution in [0.2, 0.25) is 0 Å². The fraction of sp³-hybridized carbons (Fsp3) is 0. The van der Waals surface area contributed by atoms with E-state index >= 15 is 0 Å². The molecule has 0 saturated heterocycles. The predicted molar refractivity (Wildman–Crippen MR) is 25.5 cm³/mol. The fourth-order valence-corrected chi connectivity index (χ4v) is 0. The molecule has 0 radical (unpaired) electrons. The van der Waals surface area contributed by atoms with E-state index in [1.165, 1.54) is 0 Å². The maximum Gasteiger partial charge on any atom is 0.668 e. The van der Waals surface area contributed by atoms with Gasteiger partial charge in [0, 0.05) is 0 Å². The summed E-state index contributed by atoms with van der Waals surface area (Å²) in [5, 5.41) is 0. The molecule has 0 fully saturated rings. The van der Waals surface area contributed by atoms with Crippen LogP contribution in [-0.4, -0.2) is 44.7 Å². The van der Waals surface area contributed by atoms with Crippen molar-refractivity contribution in [3.63, 3.8) is 0 Å². The monoisotopic (exact) mass is 150 g/mol. The molecule has 0 aromatic heterocycles. The van der Waals surface area contributed by atoms with Gasteiger partial charge in [0.05, 0.1) is 0 Å². The zero-order valence-corrected chi connectivity index (χ0v) is 4.79. The molecule has 0 amide bonds. The average molecular weight is 150 g/mol. The van der Waals surface area contributed by atoms with Gasteiger partial charge >= 0.3 is 9.05 Å². The van der Waals surface area contributed by atoms with Crippen LogP contribution < -0.4 is 0 Å². The second-order valence-corrected chi connectivity index (χ2v) is 1.80. The van der Waals surface area contributed by atoms with Crippen molar-refractivity contribution in [3.05, 3.63) is 0 Å². The van der Waals surface area contributed by atoms with Crippen molar-refractivity contribution in [2.45, 2.75) is 0 Å². The maximum absolute atomic E-state index is 7.33. The third-order valence-corrected chi connectivity index (χ3v) is 0. The van der Waals surface area contributed by atoms with Crippen molar-refractivity contribution in [1.82, 2.24) is 0 Å². The molecular formula is H10O7Si. The largest absolute Gasteiger partial charge is 0.668 e. The molecule has 0 aromatic rings. The molecule has 0 atom stereocenters. The lowest BCUT2D eigenvalue weighted by atomic mass is 15.7. The maximum atomic E-state index is 7.33. The number of rotatable bonds is 0. The van der Waals surface area contributed by atoms with Crippen LogP contribution >= 0.6 is 0 Å². The van der Waals surface area contributed by atoms with Gasteiger partial charge < -0.3 is 35.6 Å². The first-order chi connectivity index (χ1) is 2.00. The summed E-state index contributed by atoms with van der Waals surface area (Å²) in [5.74, 6) is 0. The molecule has 10 N–H and O–H groups in total. The van der Waals surface area contributed by atoms with E-state index in [1.54, 1.807) is 0 Å². The van der Waals surface area contributed by atoms with Crippen molar-refractivity contribution in [1.29, 1.82) is 0 Å². The minimum absolute atomic E-state index is 0. The van der Waals surface area contributed by atoms with Crippen LogP contribution in [0.4, 0.5) is 0 Å². The van der Waals surface area contributed by atoms with E-state index in [1.807, 2.05) is 0 Å². The molecule has 0 saturated carbocycles. The van der Waals surface area contributed by atoms with Gasteiger partial charge in [0.2, 0.25) is 0 Å². The molecule has 8 heavy (non-hydrogen) atoms. The Morgan fingerprint density at radius 1 is 0.625 bits per heavy atom. The van der Waals surface area contributed by atoms with Crippen LogP contribution in [0.5, 0.6) is 0 Å². The summed E-state index contributed by atoms with van der Waals surface area (Å²) >= 11 is 0. The standard InChI is InChI=1S/H4O4Si.3H2O/c1-5(2,3)4;;;/h1-4H;3*1H2. The van der Waals surface area contributed by atoms with Crippen LogP contribution in [0.25, 0.3) is 0 Å². The van der Waals surface area contributed by atoms with Crippen LogP contribution in [0.15, 0.2) is 0 Å². The third-order valence-electron chi connectivity index (χ3n) is 0. The minimum Gasteiger partial charge on any atom is -0.412 e. The summed E-state index contributed by atoms with van der Waals surface area (Å²) < 4.78 is 0. The van der Waals surface area contributed by atoms with Crippen LogP contribution in [0, 0.1) is 0 Å². The smallest absolute Gasteiger partial charge is 0.412 e. The lowest BCUT2D eigenvalue weighted by Crippen LogP contribution is -2.33. The fourth-order valence-electron chi connectivity index (χ4n) is 0. The Hall–Kier alpha value is -0.0631. The van der Waals surface area contributed by atoms with Gasteiger partial charge in [-0.3, -0.25) is 0 Å². The Labute approximate surface area is 45.9 Å². The zero-order chi connectivity index (χ0) is 4.50. The average Bonchev–Trinajstić information content (AvgIpc) is 0.722. The molecule has 0 aliphatic heterocycles. The van der Waals surface area contributed by atoms with Crippen LogP contribution in [0.1, 0.15) is 0 Å². The molecule has 0 heterocycles. The first kappa shape index (κ1) is 24.6. The molecule has 56 valence electrons. The second-order valence-electron chi connectivity index (χ2n) is 0.600. The molecular weight excluding hydrogens is 140 g/mol. The van der Waals surface area contributed by atoms with E-state index in [-0.39, 0.29) is 16.4 Å². The van der Waals surface area contributed by atoms with Gasteiger partial charge in [-0.2, -0.15) is 0 Å². The molecule has 0 aliphatic rings. The van der Waals surface area contributed by atoms with Gasteiger partial charge in [0.1, 0.15) is 0 Å². The summed E-state index contributed by atoms with van der Waals surface area (Å²) in [6, 6.07) is 0. The Morgan fingerprint density at radius 3 is 0.625 bits per heavy atom. The van der Waals surface area contributed by atoms with Gasteiger partial charge in [-0.1, -0.05) is 0 Å². The molecule has 8 heteroatoms. The number of hydrogen-bond donors (Lipinski definition) is 4. The Balaban J connectivity index is -0.0000000267. The van der Waals surface area contributed by atoms with E-state index in [2.05, 4.69) is 0 Å². The molecule has 0 bridgehead atoms. The van der Waals surface area contributed by atoms with E-state index in [4.69, 9.17) is 19.2 Å². The van der Waals surface area contributed by atoms with Gasteiger partial charge in [-0.15, -0.1) is 0 Å². The summed E-state index contributed by atoms with van der Waals surface area (Å²) in [5.41, 5.74) is 0. The van der Waals surface area contributed by atoms with Gasteiger partial charge in [0.15, 0.2) is 0 Å². The van der Waals surface area contributed by atoms with E-state index in [0.717, 1.165) is 0 Å². The quantitative estimate of drug-likeness (QED) is 0.253. The molecule has 0 aromatic carbocycles. The van der Waals surface area contributed by atoms with Crippen molar-refractivity contribution < 1.29 is 35.6 Å². The molecule has 0 spiro atoms. The highest BCUT2D eigenvalue weighted by atomic mass is 28.4. The highest BCUT2D eigenvalue weighted by Crippen LogP contribution is 1.67. The summed E-state index contributed by atoms with van der Waals surface area (Å²) in [6.45, 7) is 0. The SMILES string of the molecule is O.O.O.O[Si](O)(O)O. The third kappa shape index (κ3) is 36300. The summed E-state index contributed by atoms with van der Waals surface area (Å²) in [7, 11) is -4.61. The van der Waals surface area contributed by atoms with E-state index in [0.29, 0.717) is 0 Å². The number of hydrogen-bond acceptors (Lipinski definition) is 4. The normalized spacial score (nSPS) is 7.50. The Kier molecular flexibility index (Phi) is 21.4. The van der Waals surface area contributed by atoms with Crippen molar-refractivity contribution in [3.8, 4) is 0 Å². The van der Waals surface area contributed by atoms with Crippen molar-refractivity contribution in [2.24, 2.45) is 0 Å². The molecule has 0 rings (SSSR count). The Morgan fingerprint density at radius 2 is 0.625 bits per heavy atom. The van der Waals surface area contributed by atoms with Crippen molar-refractivity contribution in [2.75, 3.05) is 0 Å². The second kappa shape index (κ2) is 6.94. The first-order valence-electron chi connectivity index (χ1n) is 0.894. The van der Waals surface area contributed by atoms with Crippen LogP contribution in [0.3, 0.4) is 0 Å². The lowest BCUT2D eigenvalue weighted by Gasteiger charge is -1.91. The van der Waals surface area contributed by atoms with Gasteiger partial charge in [-0.05, 0) is 0 Å². The van der Waals surface area contributed by atoms with Crippen molar-refractivity contribution >= 4 is 9.05 Å². The zero-order valence-electron chi connectivity index (χ0n) is 3.79. The first-order valence-corrected chi connectivity index (χ1v) is 2.68. The van der Waals surface area contributed by atoms with E-state index in [9.17, 15) is 0 Å². The van der Waals surface area contributed by atoms with Gasteiger partial charge in [0.25, 0.3) is 0 Å². The summed E-state index contributed by atoms with van der Waals surface area (Å²) in [4.78, 5) is 29.3. The summed E-state index contributed by atoms with van der Waals surface area (Å²) in [6.07, 6.45) is 0. The molecule has 0 unspecified atom stereocenters.